The zero-order valence-electron chi connectivity index (χ0n) is 13.2. The van der Waals surface area contributed by atoms with Crippen molar-refractivity contribution in [2.45, 2.75) is 56.9 Å². The maximum absolute atomic E-state index is 11.6. The third kappa shape index (κ3) is 3.73. The molecule has 1 amide bonds. The summed E-state index contributed by atoms with van der Waals surface area (Å²) in [5, 5.41) is 25.9. The van der Waals surface area contributed by atoms with E-state index in [-0.39, 0.29) is 24.3 Å². The lowest BCUT2D eigenvalue weighted by atomic mass is 9.84. The van der Waals surface area contributed by atoms with E-state index in [1.165, 1.54) is 6.20 Å². The number of nitrogens with one attached hydrogen (secondary N) is 2. The summed E-state index contributed by atoms with van der Waals surface area (Å²) in [6.45, 7) is 2.05. The van der Waals surface area contributed by atoms with Crippen molar-refractivity contribution in [1.29, 1.82) is 0 Å². The Bertz CT molecular complexity index is 595. The minimum atomic E-state index is -0.539. The van der Waals surface area contributed by atoms with Gasteiger partial charge in [-0.25, -0.2) is 4.98 Å². The van der Waals surface area contributed by atoms with Crippen molar-refractivity contribution >= 4 is 17.4 Å². The number of hydrogen-bond donors (Lipinski definition) is 5. The number of primary amides is 1. The molecule has 1 heterocycles. The number of carbonyl (C=O) groups is 1. The molecule has 6 N–H and O–H groups in total. The largest absolute Gasteiger partial charge is 0.393 e. The monoisotopic (exact) mass is 320 g/mol. The number of amides is 1. The molecule has 5 atom stereocenters. The van der Waals surface area contributed by atoms with Gasteiger partial charge in [-0.1, -0.05) is 6.92 Å². The van der Waals surface area contributed by atoms with Crippen LogP contribution in [0.15, 0.2) is 12.3 Å². The molecule has 1 aromatic rings. The Morgan fingerprint density at radius 3 is 2.61 bits per heavy atom. The second kappa shape index (κ2) is 6.33. The lowest BCUT2D eigenvalue weighted by molar-refractivity contribution is 0.0740. The summed E-state index contributed by atoms with van der Waals surface area (Å²) in [5.41, 5.74) is 6.38. The highest BCUT2D eigenvalue weighted by Crippen LogP contribution is 2.30. The van der Waals surface area contributed by atoms with E-state index in [0.29, 0.717) is 35.8 Å². The van der Waals surface area contributed by atoms with Gasteiger partial charge in [-0.2, -0.15) is 0 Å². The van der Waals surface area contributed by atoms with Gasteiger partial charge >= 0.3 is 0 Å². The highest BCUT2D eigenvalue weighted by atomic mass is 16.3. The molecular formula is C16H24N4O3. The Morgan fingerprint density at radius 2 is 2.00 bits per heavy atom. The second-order valence-electron chi connectivity index (χ2n) is 6.73. The third-order valence-corrected chi connectivity index (χ3v) is 4.77. The highest BCUT2D eigenvalue weighted by molar-refractivity contribution is 5.98. The van der Waals surface area contributed by atoms with Gasteiger partial charge in [-0.3, -0.25) is 4.79 Å². The average molecular weight is 320 g/mol. The number of hydrogen-bond acceptors (Lipinski definition) is 6. The van der Waals surface area contributed by atoms with Crippen LogP contribution in [0.1, 0.15) is 43.0 Å². The Balaban J connectivity index is 1.75. The van der Waals surface area contributed by atoms with Gasteiger partial charge in [0, 0.05) is 18.3 Å². The van der Waals surface area contributed by atoms with E-state index >= 15 is 0 Å². The predicted octanol–water partition coefficient (Wildman–Crippen LogP) is 0.687. The smallest absolute Gasteiger partial charge is 0.252 e. The molecule has 0 bridgehead atoms. The van der Waals surface area contributed by atoms with Crippen LogP contribution in [0.25, 0.3) is 0 Å². The predicted molar refractivity (Wildman–Crippen MR) is 87.2 cm³/mol. The standard InChI is InChI=1S/C16H24N4O3/c1-8-2-3-9(4-13(8)21)19-11-6-15(20-12-5-14(12)22)18-7-10(11)16(17)23/h6-9,12-14,21-22H,2-5H2,1H3,(H2,17,23)(H2,18,19,20)/t8-,9-,12?,13-,14?/m1/s1. The summed E-state index contributed by atoms with van der Waals surface area (Å²) >= 11 is 0. The van der Waals surface area contributed by atoms with E-state index in [1.54, 1.807) is 6.07 Å². The van der Waals surface area contributed by atoms with E-state index in [0.717, 1.165) is 12.8 Å². The Morgan fingerprint density at radius 1 is 1.26 bits per heavy atom. The minimum Gasteiger partial charge on any atom is -0.393 e. The third-order valence-electron chi connectivity index (χ3n) is 4.77. The van der Waals surface area contributed by atoms with E-state index in [1.807, 2.05) is 6.92 Å². The SMILES string of the molecule is C[C@@H]1CC[C@@H](Nc2cc(NC3CC3O)ncc2C(N)=O)C[C@H]1O. The van der Waals surface area contributed by atoms with Gasteiger partial charge < -0.3 is 26.6 Å². The van der Waals surface area contributed by atoms with E-state index in [2.05, 4.69) is 15.6 Å². The van der Waals surface area contributed by atoms with Gasteiger partial charge in [0.05, 0.1) is 29.5 Å². The van der Waals surface area contributed by atoms with Crippen LogP contribution in [-0.4, -0.2) is 45.4 Å². The van der Waals surface area contributed by atoms with E-state index < -0.39 is 5.91 Å². The maximum atomic E-state index is 11.6. The van der Waals surface area contributed by atoms with Gasteiger partial charge in [0.1, 0.15) is 5.82 Å². The fourth-order valence-electron chi connectivity index (χ4n) is 3.03. The van der Waals surface area contributed by atoms with Crippen molar-refractivity contribution in [2.75, 3.05) is 10.6 Å². The first-order valence-corrected chi connectivity index (χ1v) is 8.13. The molecule has 0 saturated heterocycles. The average Bonchev–Trinajstić information content (AvgIpc) is 3.18. The fourth-order valence-corrected chi connectivity index (χ4v) is 3.03. The number of carbonyl (C=O) groups excluding carboxylic acids is 1. The summed E-state index contributed by atoms with van der Waals surface area (Å²) in [5.74, 6) is 0.362. The number of anilines is 2. The van der Waals surface area contributed by atoms with Gasteiger partial charge in [-0.15, -0.1) is 0 Å². The van der Waals surface area contributed by atoms with Gasteiger partial charge in [0.2, 0.25) is 0 Å². The Kier molecular flexibility index (Phi) is 4.41. The molecule has 0 aromatic carbocycles. The quantitative estimate of drug-likeness (QED) is 0.544. The molecule has 2 fully saturated rings. The molecule has 7 nitrogen and oxygen atoms in total. The topological polar surface area (TPSA) is 121 Å². The van der Waals surface area contributed by atoms with Crippen LogP contribution < -0.4 is 16.4 Å². The highest BCUT2D eigenvalue weighted by Gasteiger charge is 2.35. The van der Waals surface area contributed by atoms with Crippen molar-refractivity contribution in [3.8, 4) is 0 Å². The Hall–Kier alpha value is -1.86. The summed E-state index contributed by atoms with van der Waals surface area (Å²) in [6.07, 6.45) is 4.00. The van der Waals surface area contributed by atoms with Gasteiger partial charge in [0.25, 0.3) is 5.91 Å². The first-order chi connectivity index (χ1) is 10.9. The van der Waals surface area contributed by atoms with Crippen molar-refractivity contribution in [3.63, 3.8) is 0 Å². The number of pyridine rings is 1. The molecule has 3 rings (SSSR count). The molecule has 2 unspecified atom stereocenters. The maximum Gasteiger partial charge on any atom is 0.252 e. The summed E-state index contributed by atoms with van der Waals surface area (Å²) < 4.78 is 0. The first-order valence-electron chi connectivity index (χ1n) is 8.13. The molecule has 2 aliphatic rings. The normalized spacial score (nSPS) is 33.1. The zero-order valence-corrected chi connectivity index (χ0v) is 13.2. The van der Waals surface area contributed by atoms with Crippen LogP contribution in [0.5, 0.6) is 0 Å². The molecule has 7 heteroatoms. The summed E-state index contributed by atoms with van der Waals surface area (Å²) in [4.78, 5) is 15.8. The molecule has 126 valence electrons. The summed E-state index contributed by atoms with van der Waals surface area (Å²) in [7, 11) is 0. The lowest BCUT2D eigenvalue weighted by Crippen LogP contribution is -2.35. The molecule has 1 aromatic heterocycles. The number of nitrogens with two attached hydrogens (primary N) is 1. The van der Waals surface area contributed by atoms with Crippen LogP contribution in [0.3, 0.4) is 0 Å². The van der Waals surface area contributed by atoms with E-state index in [4.69, 9.17) is 5.73 Å². The molecule has 0 spiro atoms. The molecule has 0 radical (unpaired) electrons. The minimum absolute atomic E-state index is 0.0205. The molecule has 0 aliphatic heterocycles. The summed E-state index contributed by atoms with van der Waals surface area (Å²) in [6, 6.07) is 1.86. The number of nitrogens with zero attached hydrogens (tertiary/aromatic N) is 1. The van der Waals surface area contributed by atoms with Crippen LogP contribution in [-0.2, 0) is 0 Å². The number of aromatic nitrogens is 1. The molecule has 2 aliphatic carbocycles. The van der Waals surface area contributed by atoms with Crippen LogP contribution >= 0.6 is 0 Å². The number of aliphatic hydroxyl groups excluding tert-OH is 2. The van der Waals surface area contributed by atoms with Crippen molar-refractivity contribution in [2.24, 2.45) is 11.7 Å². The van der Waals surface area contributed by atoms with Crippen molar-refractivity contribution in [3.05, 3.63) is 17.8 Å². The zero-order chi connectivity index (χ0) is 16.6. The number of rotatable bonds is 5. The molecule has 2 saturated carbocycles. The Labute approximate surface area is 135 Å². The molecular weight excluding hydrogens is 296 g/mol. The van der Waals surface area contributed by atoms with E-state index in [9.17, 15) is 15.0 Å². The fraction of sp³-hybridized carbons (Fsp3) is 0.625. The number of aliphatic hydroxyl groups is 2. The van der Waals surface area contributed by atoms with Crippen molar-refractivity contribution in [1.82, 2.24) is 4.98 Å². The van der Waals surface area contributed by atoms with Gasteiger partial charge in [0.15, 0.2) is 0 Å². The molecule has 23 heavy (non-hydrogen) atoms. The second-order valence-corrected chi connectivity index (χ2v) is 6.73. The lowest BCUT2D eigenvalue weighted by Gasteiger charge is -2.32. The van der Waals surface area contributed by atoms with Gasteiger partial charge in [-0.05, 0) is 31.6 Å². The van der Waals surface area contributed by atoms with Crippen LogP contribution in [0.2, 0.25) is 0 Å². The van der Waals surface area contributed by atoms with Crippen LogP contribution in [0, 0.1) is 5.92 Å². The van der Waals surface area contributed by atoms with Crippen LogP contribution in [0.4, 0.5) is 11.5 Å². The van der Waals surface area contributed by atoms with Crippen molar-refractivity contribution < 1.29 is 15.0 Å². The first kappa shape index (κ1) is 16.0.